The molecular formula is C12H19NO2. The summed E-state index contributed by atoms with van der Waals surface area (Å²) in [5, 5.41) is 2.40. The third-order valence-electron chi connectivity index (χ3n) is 3.76. The van der Waals surface area contributed by atoms with Gasteiger partial charge in [-0.2, -0.15) is 0 Å². The fraction of sp³-hybridized carbons (Fsp3) is 0.833. The van der Waals surface area contributed by atoms with E-state index in [1.165, 1.54) is 6.42 Å². The van der Waals surface area contributed by atoms with Gasteiger partial charge in [0.2, 0.25) is 11.8 Å². The van der Waals surface area contributed by atoms with Crippen molar-refractivity contribution < 1.29 is 9.59 Å². The van der Waals surface area contributed by atoms with Gasteiger partial charge in [0.15, 0.2) is 0 Å². The SMILES string of the molecule is CC1(C)CCCC2(CC(=O)NC(=O)C2)C1. The molecular weight excluding hydrogens is 190 g/mol. The maximum atomic E-state index is 11.4. The summed E-state index contributed by atoms with van der Waals surface area (Å²) >= 11 is 0. The summed E-state index contributed by atoms with van der Waals surface area (Å²) in [6.07, 6.45) is 5.50. The Morgan fingerprint density at radius 3 is 2.20 bits per heavy atom. The van der Waals surface area contributed by atoms with Gasteiger partial charge in [0, 0.05) is 12.8 Å². The fourth-order valence-corrected chi connectivity index (χ4v) is 3.42. The van der Waals surface area contributed by atoms with Gasteiger partial charge in [0.1, 0.15) is 0 Å². The van der Waals surface area contributed by atoms with Crippen molar-refractivity contribution in [2.45, 2.75) is 52.4 Å². The van der Waals surface area contributed by atoms with Crippen LogP contribution < -0.4 is 5.32 Å². The second kappa shape index (κ2) is 3.32. The van der Waals surface area contributed by atoms with E-state index in [1.54, 1.807) is 0 Å². The normalized spacial score (nSPS) is 28.9. The van der Waals surface area contributed by atoms with Gasteiger partial charge in [0.25, 0.3) is 0 Å². The van der Waals surface area contributed by atoms with Crippen LogP contribution in [0.15, 0.2) is 0 Å². The molecule has 2 rings (SSSR count). The summed E-state index contributed by atoms with van der Waals surface area (Å²) in [7, 11) is 0. The molecule has 1 N–H and O–H groups in total. The number of piperidine rings is 1. The molecule has 1 aliphatic heterocycles. The quantitative estimate of drug-likeness (QED) is 0.620. The summed E-state index contributed by atoms with van der Waals surface area (Å²) in [5.41, 5.74) is 0.261. The predicted octanol–water partition coefficient (Wildman–Crippen LogP) is 2.01. The van der Waals surface area contributed by atoms with Gasteiger partial charge in [-0.1, -0.05) is 20.3 Å². The van der Waals surface area contributed by atoms with E-state index < -0.39 is 0 Å². The highest BCUT2D eigenvalue weighted by Crippen LogP contribution is 2.50. The van der Waals surface area contributed by atoms with Crippen molar-refractivity contribution >= 4 is 11.8 Å². The van der Waals surface area contributed by atoms with Gasteiger partial charge in [0.05, 0.1) is 0 Å². The van der Waals surface area contributed by atoms with Crippen molar-refractivity contribution in [3.8, 4) is 0 Å². The molecule has 1 aliphatic carbocycles. The van der Waals surface area contributed by atoms with Crippen molar-refractivity contribution in [1.82, 2.24) is 5.32 Å². The Bertz CT molecular complexity index is 291. The average Bonchev–Trinajstić information content (AvgIpc) is 1.97. The molecule has 84 valence electrons. The molecule has 15 heavy (non-hydrogen) atoms. The van der Waals surface area contributed by atoms with Crippen LogP contribution in [-0.4, -0.2) is 11.8 Å². The first-order valence-electron chi connectivity index (χ1n) is 5.74. The zero-order valence-corrected chi connectivity index (χ0v) is 9.56. The van der Waals surface area contributed by atoms with E-state index >= 15 is 0 Å². The van der Waals surface area contributed by atoms with Gasteiger partial charge in [-0.05, 0) is 30.1 Å². The Hall–Kier alpha value is -0.860. The van der Waals surface area contributed by atoms with E-state index in [-0.39, 0.29) is 22.6 Å². The topological polar surface area (TPSA) is 46.2 Å². The Balaban J connectivity index is 2.18. The van der Waals surface area contributed by atoms with Crippen molar-refractivity contribution in [3.05, 3.63) is 0 Å². The third-order valence-corrected chi connectivity index (χ3v) is 3.76. The zero-order valence-electron chi connectivity index (χ0n) is 9.56. The molecule has 2 fully saturated rings. The molecule has 1 saturated carbocycles. The molecule has 3 nitrogen and oxygen atoms in total. The lowest BCUT2D eigenvalue weighted by molar-refractivity contribution is -0.140. The van der Waals surface area contributed by atoms with Crippen molar-refractivity contribution in [1.29, 1.82) is 0 Å². The zero-order chi connectivity index (χ0) is 11.1. The van der Waals surface area contributed by atoms with Crippen molar-refractivity contribution in [2.24, 2.45) is 10.8 Å². The average molecular weight is 209 g/mol. The molecule has 2 amide bonds. The number of amides is 2. The molecule has 1 saturated heterocycles. The van der Waals surface area contributed by atoms with Crippen LogP contribution in [0.2, 0.25) is 0 Å². The van der Waals surface area contributed by atoms with E-state index in [4.69, 9.17) is 0 Å². The molecule has 2 aliphatic rings. The minimum atomic E-state index is -0.0797. The lowest BCUT2D eigenvalue weighted by Gasteiger charge is -2.46. The first kappa shape index (κ1) is 10.7. The second-order valence-electron chi connectivity index (χ2n) is 6.02. The minimum absolute atomic E-state index is 0.0266. The van der Waals surface area contributed by atoms with Crippen molar-refractivity contribution in [3.63, 3.8) is 0 Å². The summed E-state index contributed by atoms with van der Waals surface area (Å²) in [6.45, 7) is 4.48. The molecule has 0 aromatic heterocycles. The summed E-state index contributed by atoms with van der Waals surface area (Å²) in [5.74, 6) is -0.159. The molecule has 0 radical (unpaired) electrons. The number of hydrogen-bond donors (Lipinski definition) is 1. The standard InChI is InChI=1S/C12H19NO2/c1-11(2)4-3-5-12(8-11)6-9(14)13-10(15)7-12/h3-8H2,1-2H3,(H,13,14,15). The first-order chi connectivity index (χ1) is 6.91. The van der Waals surface area contributed by atoms with Gasteiger partial charge in [-0.25, -0.2) is 0 Å². The number of carbonyl (C=O) groups is 2. The Kier molecular flexibility index (Phi) is 2.36. The third kappa shape index (κ3) is 2.21. The molecule has 0 bridgehead atoms. The lowest BCUT2D eigenvalue weighted by Crippen LogP contribution is -2.47. The Morgan fingerprint density at radius 2 is 1.67 bits per heavy atom. The Labute approximate surface area is 90.6 Å². The van der Waals surface area contributed by atoms with Crippen LogP contribution in [0, 0.1) is 10.8 Å². The monoisotopic (exact) mass is 209 g/mol. The van der Waals surface area contributed by atoms with Gasteiger partial charge in [-0.15, -0.1) is 0 Å². The van der Waals surface area contributed by atoms with Gasteiger partial charge in [-0.3, -0.25) is 14.9 Å². The van der Waals surface area contributed by atoms with E-state index in [9.17, 15) is 9.59 Å². The maximum Gasteiger partial charge on any atom is 0.227 e. The second-order valence-corrected chi connectivity index (χ2v) is 6.02. The largest absolute Gasteiger partial charge is 0.296 e. The number of rotatable bonds is 0. The van der Waals surface area contributed by atoms with Crippen LogP contribution in [0.25, 0.3) is 0 Å². The highest BCUT2D eigenvalue weighted by Gasteiger charge is 2.45. The van der Waals surface area contributed by atoms with Crippen LogP contribution in [0.3, 0.4) is 0 Å². The molecule has 0 atom stereocenters. The first-order valence-corrected chi connectivity index (χ1v) is 5.74. The van der Waals surface area contributed by atoms with Crippen LogP contribution in [0.5, 0.6) is 0 Å². The number of carbonyl (C=O) groups excluding carboxylic acids is 2. The smallest absolute Gasteiger partial charge is 0.227 e. The molecule has 0 aromatic carbocycles. The minimum Gasteiger partial charge on any atom is -0.296 e. The molecule has 0 aromatic rings. The van der Waals surface area contributed by atoms with Gasteiger partial charge < -0.3 is 0 Å². The van der Waals surface area contributed by atoms with Crippen LogP contribution in [0.4, 0.5) is 0 Å². The van der Waals surface area contributed by atoms with Crippen LogP contribution >= 0.6 is 0 Å². The van der Waals surface area contributed by atoms with Crippen molar-refractivity contribution in [2.75, 3.05) is 0 Å². The van der Waals surface area contributed by atoms with E-state index in [0.717, 1.165) is 19.3 Å². The summed E-state index contributed by atoms with van der Waals surface area (Å²) in [4.78, 5) is 22.9. The van der Waals surface area contributed by atoms with E-state index in [2.05, 4.69) is 19.2 Å². The number of hydrogen-bond acceptors (Lipinski definition) is 2. The van der Waals surface area contributed by atoms with E-state index in [1.807, 2.05) is 0 Å². The molecule has 1 spiro atoms. The van der Waals surface area contributed by atoms with Crippen LogP contribution in [0.1, 0.15) is 52.4 Å². The predicted molar refractivity (Wildman–Crippen MR) is 57.1 cm³/mol. The maximum absolute atomic E-state index is 11.4. The highest BCUT2D eigenvalue weighted by molar-refractivity contribution is 5.98. The molecule has 3 heteroatoms. The fourth-order valence-electron chi connectivity index (χ4n) is 3.42. The van der Waals surface area contributed by atoms with Crippen LogP contribution in [-0.2, 0) is 9.59 Å². The summed E-state index contributed by atoms with van der Waals surface area (Å²) in [6, 6.07) is 0. The molecule has 1 heterocycles. The molecule has 0 unspecified atom stereocenters. The lowest BCUT2D eigenvalue weighted by atomic mass is 9.60. The highest BCUT2D eigenvalue weighted by atomic mass is 16.2. The number of imide groups is 1. The number of nitrogens with one attached hydrogen (secondary N) is 1. The van der Waals surface area contributed by atoms with Gasteiger partial charge >= 0.3 is 0 Å². The summed E-state index contributed by atoms with van der Waals surface area (Å²) < 4.78 is 0. The Morgan fingerprint density at radius 1 is 1.07 bits per heavy atom. The van der Waals surface area contributed by atoms with E-state index in [0.29, 0.717) is 12.8 Å².